The molecule has 4 nitrogen and oxygen atoms in total. The number of hydrogen-bond donors (Lipinski definition) is 1. The Labute approximate surface area is 106 Å². The van der Waals surface area contributed by atoms with E-state index in [1.165, 1.54) is 0 Å². The van der Waals surface area contributed by atoms with Gasteiger partial charge in [-0.2, -0.15) is 0 Å². The molecule has 104 valence electrons. The minimum absolute atomic E-state index is 0.0388. The van der Waals surface area contributed by atoms with Gasteiger partial charge in [0.1, 0.15) is 0 Å². The van der Waals surface area contributed by atoms with Gasteiger partial charge >= 0.3 is 6.09 Å². The molecule has 0 bridgehead atoms. The molecule has 0 radical (unpaired) electrons. The Morgan fingerprint density at radius 3 is 1.94 bits per heavy atom. The summed E-state index contributed by atoms with van der Waals surface area (Å²) in [6.45, 7) is 13.2. The summed E-state index contributed by atoms with van der Waals surface area (Å²) >= 11 is 0. The summed E-state index contributed by atoms with van der Waals surface area (Å²) in [6.07, 6.45) is 1.52. The van der Waals surface area contributed by atoms with Crippen LogP contribution in [0.25, 0.3) is 0 Å². The summed E-state index contributed by atoms with van der Waals surface area (Å²) in [5.74, 6) is 0. The zero-order valence-corrected chi connectivity index (χ0v) is 12.3. The molecule has 1 amide bonds. The number of likely N-dealkylation sites (tertiary alicyclic amines) is 1. The molecule has 1 aliphatic heterocycles. The van der Waals surface area contributed by atoms with Crippen molar-refractivity contribution in [3.63, 3.8) is 0 Å². The molecule has 0 aromatic heterocycles. The van der Waals surface area contributed by atoms with Gasteiger partial charge in [-0.05, 0) is 26.7 Å². The lowest BCUT2D eigenvalue weighted by atomic mass is 10.1. The van der Waals surface area contributed by atoms with Crippen LogP contribution in [0.5, 0.6) is 0 Å². The third-order valence-electron chi connectivity index (χ3n) is 2.13. The first-order valence-corrected chi connectivity index (χ1v) is 6.80. The lowest BCUT2D eigenvalue weighted by molar-refractivity contribution is 0.0695. The number of hydrogen-bond acceptors (Lipinski definition) is 3. The smallest absolute Gasteiger partial charge is 0.410 e. The van der Waals surface area contributed by atoms with Crippen molar-refractivity contribution in [3.05, 3.63) is 0 Å². The SMILES string of the molecule is CC.CC.CC(C)OC(=O)N1CCC(N)CC1. The van der Waals surface area contributed by atoms with Gasteiger partial charge in [0.05, 0.1) is 6.10 Å². The van der Waals surface area contributed by atoms with E-state index in [4.69, 9.17) is 10.5 Å². The Bertz CT molecular complexity index is 176. The molecule has 1 saturated heterocycles. The highest BCUT2D eigenvalue weighted by Gasteiger charge is 2.21. The maximum atomic E-state index is 11.4. The van der Waals surface area contributed by atoms with Crippen molar-refractivity contribution in [2.24, 2.45) is 5.73 Å². The Hall–Kier alpha value is -0.770. The van der Waals surface area contributed by atoms with Crippen LogP contribution in [0.15, 0.2) is 0 Å². The van der Waals surface area contributed by atoms with Crippen molar-refractivity contribution in [2.75, 3.05) is 13.1 Å². The molecular weight excluding hydrogens is 216 g/mol. The predicted molar refractivity (Wildman–Crippen MR) is 73.1 cm³/mol. The van der Waals surface area contributed by atoms with Crippen LogP contribution < -0.4 is 5.73 Å². The summed E-state index contributed by atoms with van der Waals surface area (Å²) in [6, 6.07) is 0.253. The fourth-order valence-corrected chi connectivity index (χ4v) is 1.36. The van der Waals surface area contributed by atoms with E-state index in [9.17, 15) is 4.79 Å². The first kappa shape index (κ1) is 18.6. The topological polar surface area (TPSA) is 55.6 Å². The number of piperidine rings is 1. The van der Waals surface area contributed by atoms with Gasteiger partial charge in [0, 0.05) is 19.1 Å². The third-order valence-corrected chi connectivity index (χ3v) is 2.13. The standard InChI is InChI=1S/C9H18N2O2.2C2H6/c1-7(2)13-9(12)11-5-3-8(10)4-6-11;2*1-2/h7-8H,3-6,10H2,1-2H3;2*1-2H3. The second-order valence-electron chi connectivity index (χ2n) is 3.76. The zero-order valence-electron chi connectivity index (χ0n) is 12.3. The van der Waals surface area contributed by atoms with Gasteiger partial charge in [-0.15, -0.1) is 0 Å². The Morgan fingerprint density at radius 1 is 1.18 bits per heavy atom. The highest BCUT2D eigenvalue weighted by Crippen LogP contribution is 2.09. The molecule has 2 N–H and O–H groups in total. The largest absolute Gasteiger partial charge is 0.447 e. The molecule has 0 unspecified atom stereocenters. The molecule has 1 rings (SSSR count). The number of ether oxygens (including phenoxy) is 1. The molecule has 0 aromatic rings. The van der Waals surface area contributed by atoms with Gasteiger partial charge in [0.25, 0.3) is 0 Å². The number of nitrogens with two attached hydrogens (primary N) is 1. The fraction of sp³-hybridized carbons (Fsp3) is 0.923. The summed E-state index contributed by atoms with van der Waals surface area (Å²) in [5.41, 5.74) is 5.72. The van der Waals surface area contributed by atoms with E-state index in [2.05, 4.69) is 0 Å². The third kappa shape index (κ3) is 8.98. The average molecular weight is 246 g/mol. The second kappa shape index (κ2) is 11.7. The number of carbonyl (C=O) groups excluding carboxylic acids is 1. The first-order valence-electron chi connectivity index (χ1n) is 6.80. The second-order valence-corrected chi connectivity index (χ2v) is 3.76. The van der Waals surface area contributed by atoms with E-state index in [-0.39, 0.29) is 18.2 Å². The molecule has 0 spiro atoms. The lowest BCUT2D eigenvalue weighted by Crippen LogP contribution is -2.43. The van der Waals surface area contributed by atoms with E-state index in [0.29, 0.717) is 0 Å². The van der Waals surface area contributed by atoms with Crippen LogP contribution in [0.1, 0.15) is 54.4 Å². The van der Waals surface area contributed by atoms with Crippen molar-refractivity contribution in [3.8, 4) is 0 Å². The minimum Gasteiger partial charge on any atom is -0.447 e. The maximum absolute atomic E-state index is 11.4. The zero-order chi connectivity index (χ0) is 13.8. The molecule has 4 heteroatoms. The lowest BCUT2D eigenvalue weighted by Gasteiger charge is -2.29. The summed E-state index contributed by atoms with van der Waals surface area (Å²) in [4.78, 5) is 13.1. The maximum Gasteiger partial charge on any atom is 0.410 e. The summed E-state index contributed by atoms with van der Waals surface area (Å²) in [7, 11) is 0. The van der Waals surface area contributed by atoms with Gasteiger partial charge in [-0.3, -0.25) is 0 Å². The molecule has 1 aliphatic rings. The van der Waals surface area contributed by atoms with Crippen LogP contribution >= 0.6 is 0 Å². The van der Waals surface area contributed by atoms with E-state index in [1.54, 1.807) is 4.90 Å². The first-order chi connectivity index (χ1) is 8.09. The Balaban J connectivity index is 0. The van der Waals surface area contributed by atoms with Crippen LogP contribution in [0, 0.1) is 0 Å². The van der Waals surface area contributed by atoms with Gasteiger partial charge in [0.2, 0.25) is 0 Å². The molecule has 17 heavy (non-hydrogen) atoms. The van der Waals surface area contributed by atoms with Crippen molar-refractivity contribution in [2.45, 2.75) is 66.5 Å². The van der Waals surface area contributed by atoms with Gasteiger partial charge < -0.3 is 15.4 Å². The molecule has 0 aliphatic carbocycles. The fourth-order valence-electron chi connectivity index (χ4n) is 1.36. The van der Waals surface area contributed by atoms with Crippen molar-refractivity contribution < 1.29 is 9.53 Å². The van der Waals surface area contributed by atoms with E-state index in [1.807, 2.05) is 41.5 Å². The Kier molecular flexibility index (Phi) is 12.8. The normalized spacial score (nSPS) is 15.4. The van der Waals surface area contributed by atoms with Crippen LogP contribution in [0.4, 0.5) is 4.79 Å². The van der Waals surface area contributed by atoms with Crippen molar-refractivity contribution in [1.29, 1.82) is 0 Å². The van der Waals surface area contributed by atoms with Gasteiger partial charge in [-0.1, -0.05) is 27.7 Å². The molecule has 1 heterocycles. The molecule has 1 fully saturated rings. The van der Waals surface area contributed by atoms with Crippen LogP contribution in [0.2, 0.25) is 0 Å². The van der Waals surface area contributed by atoms with Gasteiger partial charge in [0.15, 0.2) is 0 Å². The van der Waals surface area contributed by atoms with Crippen molar-refractivity contribution in [1.82, 2.24) is 4.90 Å². The van der Waals surface area contributed by atoms with Crippen LogP contribution in [-0.2, 0) is 4.74 Å². The minimum atomic E-state index is -0.207. The van der Waals surface area contributed by atoms with Crippen LogP contribution in [-0.4, -0.2) is 36.2 Å². The van der Waals surface area contributed by atoms with E-state index >= 15 is 0 Å². The number of amides is 1. The molecule has 0 atom stereocenters. The van der Waals surface area contributed by atoms with Gasteiger partial charge in [-0.25, -0.2) is 4.79 Å². The van der Waals surface area contributed by atoms with Crippen LogP contribution in [0.3, 0.4) is 0 Å². The quantitative estimate of drug-likeness (QED) is 0.773. The highest BCUT2D eigenvalue weighted by molar-refractivity contribution is 5.67. The highest BCUT2D eigenvalue weighted by atomic mass is 16.6. The molecule has 0 aromatic carbocycles. The monoisotopic (exact) mass is 246 g/mol. The average Bonchev–Trinajstić information content (AvgIpc) is 2.34. The summed E-state index contributed by atoms with van der Waals surface area (Å²) in [5, 5.41) is 0. The van der Waals surface area contributed by atoms with E-state index in [0.717, 1.165) is 25.9 Å². The van der Waals surface area contributed by atoms with Crippen molar-refractivity contribution >= 4 is 6.09 Å². The number of nitrogens with zero attached hydrogens (tertiary/aromatic N) is 1. The molecular formula is C13H30N2O2. The van der Waals surface area contributed by atoms with E-state index < -0.39 is 0 Å². The Morgan fingerprint density at radius 2 is 1.59 bits per heavy atom. The summed E-state index contributed by atoms with van der Waals surface area (Å²) < 4.78 is 5.07. The predicted octanol–water partition coefficient (Wildman–Crippen LogP) is 3.01. The number of carbonyl (C=O) groups is 1. The number of rotatable bonds is 1. The molecule has 0 saturated carbocycles.